The highest BCUT2D eigenvalue weighted by Crippen LogP contribution is 2.33. The summed E-state index contributed by atoms with van der Waals surface area (Å²) in [5, 5.41) is 1.92. The van der Waals surface area contributed by atoms with Crippen molar-refractivity contribution in [2.75, 3.05) is 7.11 Å². The van der Waals surface area contributed by atoms with Crippen LogP contribution in [0.5, 0.6) is 0 Å². The van der Waals surface area contributed by atoms with Gasteiger partial charge < -0.3 is 14.1 Å². The minimum absolute atomic E-state index is 0.229. The molecule has 3 rings (SSSR count). The van der Waals surface area contributed by atoms with Gasteiger partial charge in [-0.25, -0.2) is 4.79 Å². The number of hydrogen-bond acceptors (Lipinski definition) is 5. The summed E-state index contributed by atoms with van der Waals surface area (Å²) < 4.78 is 10.2. The minimum atomic E-state index is -0.513. The van der Waals surface area contributed by atoms with E-state index < -0.39 is 5.97 Å². The van der Waals surface area contributed by atoms with E-state index in [9.17, 15) is 9.59 Å². The lowest BCUT2D eigenvalue weighted by molar-refractivity contribution is -0.136. The zero-order valence-electron chi connectivity index (χ0n) is 12.7. The molecule has 1 amide bonds. The van der Waals surface area contributed by atoms with Gasteiger partial charge in [-0.15, -0.1) is 11.3 Å². The highest BCUT2D eigenvalue weighted by Gasteiger charge is 2.37. The summed E-state index contributed by atoms with van der Waals surface area (Å²) in [6, 6.07) is 7.34. The predicted molar refractivity (Wildman–Crippen MR) is 86.3 cm³/mol. The lowest BCUT2D eigenvalue weighted by Crippen LogP contribution is -2.24. The van der Waals surface area contributed by atoms with Gasteiger partial charge in [-0.1, -0.05) is 6.07 Å². The number of hydrogen-bond donors (Lipinski definition) is 0. The Balaban J connectivity index is 2.02. The molecule has 0 aromatic carbocycles. The molecule has 118 valence electrons. The van der Waals surface area contributed by atoms with Crippen LogP contribution in [0.2, 0.25) is 0 Å². The lowest BCUT2D eigenvalue weighted by Gasteiger charge is -2.15. The van der Waals surface area contributed by atoms with Crippen LogP contribution >= 0.6 is 11.3 Å². The monoisotopic (exact) mass is 329 g/mol. The molecule has 1 aliphatic rings. The molecular weight excluding hydrogens is 314 g/mol. The molecule has 1 aliphatic heterocycles. The predicted octanol–water partition coefficient (Wildman–Crippen LogP) is 3.21. The van der Waals surface area contributed by atoms with Gasteiger partial charge in [-0.2, -0.15) is 0 Å². The molecule has 0 aliphatic carbocycles. The van der Waals surface area contributed by atoms with E-state index >= 15 is 0 Å². The molecule has 3 heterocycles. The van der Waals surface area contributed by atoms with E-state index in [2.05, 4.69) is 0 Å². The summed E-state index contributed by atoms with van der Waals surface area (Å²) in [7, 11) is 1.31. The zero-order chi connectivity index (χ0) is 16.4. The molecule has 0 bridgehead atoms. The third-order valence-corrected chi connectivity index (χ3v) is 4.44. The molecule has 0 radical (unpaired) electrons. The van der Waals surface area contributed by atoms with E-state index in [1.165, 1.54) is 23.3 Å². The summed E-state index contributed by atoms with van der Waals surface area (Å²) in [5.74, 6) is -0.0902. The van der Waals surface area contributed by atoms with Crippen LogP contribution in [0.1, 0.15) is 17.6 Å². The lowest BCUT2D eigenvalue weighted by atomic mass is 10.1. The Hall–Kier alpha value is -2.60. The smallest absolute Gasteiger partial charge is 0.340 e. The number of amides is 1. The second-order valence-electron chi connectivity index (χ2n) is 5.00. The molecule has 0 saturated carbocycles. The molecule has 0 fully saturated rings. The molecule has 6 heteroatoms. The number of allylic oxidation sites excluding steroid dienone is 1. The third kappa shape index (κ3) is 2.85. The summed E-state index contributed by atoms with van der Waals surface area (Å²) in [6.07, 6.45) is 3.28. The molecular formula is C17H15NO4S. The highest BCUT2D eigenvalue weighted by atomic mass is 32.1. The Kier molecular flexibility index (Phi) is 4.16. The van der Waals surface area contributed by atoms with Gasteiger partial charge in [0.2, 0.25) is 0 Å². The van der Waals surface area contributed by atoms with Crippen molar-refractivity contribution in [3.63, 3.8) is 0 Å². The molecule has 0 N–H and O–H groups in total. The summed E-state index contributed by atoms with van der Waals surface area (Å²) in [6.45, 7) is 2.02. The Morgan fingerprint density at radius 3 is 2.83 bits per heavy atom. The number of rotatable bonds is 4. The van der Waals surface area contributed by atoms with Crippen molar-refractivity contribution in [1.82, 2.24) is 4.90 Å². The Bertz CT molecular complexity index is 785. The summed E-state index contributed by atoms with van der Waals surface area (Å²) in [4.78, 5) is 27.3. The minimum Gasteiger partial charge on any atom is -0.467 e. The van der Waals surface area contributed by atoms with Crippen LogP contribution in [-0.4, -0.2) is 23.9 Å². The van der Waals surface area contributed by atoms with Gasteiger partial charge >= 0.3 is 5.97 Å². The van der Waals surface area contributed by atoms with Gasteiger partial charge in [0.05, 0.1) is 31.1 Å². The van der Waals surface area contributed by atoms with Crippen LogP contribution in [0.3, 0.4) is 0 Å². The highest BCUT2D eigenvalue weighted by molar-refractivity contribution is 7.10. The first-order valence-electron chi connectivity index (χ1n) is 7.01. The molecule has 2 aromatic rings. The van der Waals surface area contributed by atoms with Crippen molar-refractivity contribution in [2.45, 2.75) is 13.5 Å². The van der Waals surface area contributed by atoms with Gasteiger partial charge in [0.25, 0.3) is 5.91 Å². The van der Waals surface area contributed by atoms with E-state index in [1.54, 1.807) is 31.4 Å². The maximum Gasteiger partial charge on any atom is 0.340 e. The van der Waals surface area contributed by atoms with Crippen LogP contribution in [0.25, 0.3) is 6.08 Å². The Morgan fingerprint density at radius 1 is 1.39 bits per heavy atom. The first-order valence-corrected chi connectivity index (χ1v) is 7.88. The van der Waals surface area contributed by atoms with Crippen LogP contribution in [0.15, 0.2) is 57.2 Å². The number of thiophene rings is 1. The molecule has 2 aromatic heterocycles. The fraction of sp³-hybridized carbons (Fsp3) is 0.176. The van der Waals surface area contributed by atoms with Crippen molar-refractivity contribution < 1.29 is 18.7 Å². The molecule has 0 saturated heterocycles. The largest absolute Gasteiger partial charge is 0.467 e. The van der Waals surface area contributed by atoms with Crippen molar-refractivity contribution in [2.24, 2.45) is 0 Å². The summed E-state index contributed by atoms with van der Waals surface area (Å²) >= 11 is 1.50. The molecule has 0 atom stereocenters. The van der Waals surface area contributed by atoms with E-state index in [0.717, 1.165) is 4.88 Å². The van der Waals surface area contributed by atoms with Gasteiger partial charge in [0.15, 0.2) is 0 Å². The molecule has 23 heavy (non-hydrogen) atoms. The number of carbonyl (C=O) groups is 2. The molecule has 0 unspecified atom stereocenters. The van der Waals surface area contributed by atoms with E-state index in [-0.39, 0.29) is 12.5 Å². The quantitative estimate of drug-likeness (QED) is 0.638. The van der Waals surface area contributed by atoms with Crippen LogP contribution < -0.4 is 0 Å². The standard InChI is InChI=1S/C17H15NO4S/c1-11-15(17(20)21-2)14(9-13-6-4-8-23-13)16(19)18(11)10-12-5-3-7-22-12/h3-9H,10H2,1-2H3/b14-9-. The average molecular weight is 329 g/mol. The van der Waals surface area contributed by atoms with Gasteiger partial charge in [-0.3, -0.25) is 4.79 Å². The number of esters is 1. The number of methoxy groups -OCH3 is 1. The van der Waals surface area contributed by atoms with E-state index in [1.807, 2.05) is 17.5 Å². The average Bonchev–Trinajstić information content (AvgIpc) is 3.27. The normalized spacial score (nSPS) is 16.5. The molecule has 5 nitrogen and oxygen atoms in total. The summed E-state index contributed by atoms with van der Waals surface area (Å²) in [5.41, 5.74) is 1.22. The van der Waals surface area contributed by atoms with Crippen molar-refractivity contribution in [1.29, 1.82) is 0 Å². The second-order valence-corrected chi connectivity index (χ2v) is 5.98. The number of nitrogens with zero attached hydrogens (tertiary/aromatic N) is 1. The second kappa shape index (κ2) is 6.26. The Labute approximate surface area is 137 Å². The third-order valence-electron chi connectivity index (χ3n) is 3.62. The van der Waals surface area contributed by atoms with Crippen LogP contribution in [0, 0.1) is 0 Å². The molecule has 0 spiro atoms. The number of ether oxygens (including phenoxy) is 1. The fourth-order valence-corrected chi connectivity index (χ4v) is 3.15. The van der Waals surface area contributed by atoms with Crippen LogP contribution in [0.4, 0.5) is 0 Å². The topological polar surface area (TPSA) is 59.8 Å². The first-order chi connectivity index (χ1) is 11.1. The van der Waals surface area contributed by atoms with E-state index in [0.29, 0.717) is 22.6 Å². The van der Waals surface area contributed by atoms with Crippen molar-refractivity contribution in [3.8, 4) is 0 Å². The zero-order valence-corrected chi connectivity index (χ0v) is 13.6. The van der Waals surface area contributed by atoms with Gasteiger partial charge in [0.1, 0.15) is 5.76 Å². The van der Waals surface area contributed by atoms with Gasteiger partial charge in [-0.05, 0) is 36.6 Å². The van der Waals surface area contributed by atoms with Crippen molar-refractivity contribution in [3.05, 3.63) is 63.4 Å². The van der Waals surface area contributed by atoms with E-state index in [4.69, 9.17) is 9.15 Å². The number of carbonyl (C=O) groups excluding carboxylic acids is 2. The van der Waals surface area contributed by atoms with Gasteiger partial charge in [0, 0.05) is 10.6 Å². The SMILES string of the molecule is COC(=O)C1=C(C)N(Cc2ccco2)C(=O)/C1=C\c1cccs1. The Morgan fingerprint density at radius 2 is 2.22 bits per heavy atom. The maximum atomic E-state index is 12.8. The van der Waals surface area contributed by atoms with Crippen molar-refractivity contribution >= 4 is 29.3 Å². The fourth-order valence-electron chi connectivity index (χ4n) is 2.49. The maximum absolute atomic E-state index is 12.8. The van der Waals surface area contributed by atoms with Crippen LogP contribution in [-0.2, 0) is 20.9 Å². The number of furan rings is 1. The first kappa shape index (κ1) is 15.3.